The van der Waals surface area contributed by atoms with E-state index in [4.69, 9.17) is 27.8 Å². The number of piperazine rings is 1. The van der Waals surface area contributed by atoms with Gasteiger partial charge in [-0.25, -0.2) is 18.2 Å². The minimum Gasteiger partial charge on any atom is -0.456 e. The summed E-state index contributed by atoms with van der Waals surface area (Å²) in [4.78, 5) is 130. The summed E-state index contributed by atoms with van der Waals surface area (Å²) in [6, 6.07) is 41.0. The standard InChI is InChI=1S/C43H51FN8O5.C39H41FN6O6.C29H24FN5O3S/c1-48-19-21-50(22-20-48)16-6-11-45-12-9-38(53)47-28-10-17-51(26-28)40-33(44)23-31-39-42(40)57-37-24-30-29-7-2-3-8-35(29)56-36(30)25-34(37)52(39)27-32(41(31)54)43(55)46-13-18-49-14-4-5-15-49;40-29-19-27-35-38(36(29)45-13-7-24(22-45)42-34(47)8-12-44-15-17-50-18-16-44)52-33-20-26-25-5-1-2-6-31(25)51-32(26)21-30(33)46(35)23-28(37(27)48)39(49)41-9-14-43-10-3-4-11-43;30-19-15-17-25-27(24(19)31-11-14-34-12-5-6-13-34)38-22-9-3-2-8-21(22)35(25)16-18(26(17)36)28(37)33-29-32-20-7-1-4-10-23(20)39-29/h2-3,7-8,23-25,27-28,45H,4-6,9-22,26H2,1H3,(H,46,55)(H,47,53);1-2,5-6,19-21,23-24H,3-4,7-18,22H2,(H,41,49)(H,42,47);1-4,7-10,15-16,31H,5-6,11-14H2,(H,32,33,37)/t28-;24-;/m11./s1. The summed E-state index contributed by atoms with van der Waals surface area (Å²) in [6.07, 6.45) is 14.5. The van der Waals surface area contributed by atoms with Gasteiger partial charge < -0.3 is 108 Å². The first-order valence-electron chi connectivity index (χ1n) is 51.7. The molecule has 15 aromatic rings. The fourth-order valence-corrected chi connectivity index (χ4v) is 23.3. The van der Waals surface area contributed by atoms with Crippen LogP contribution in [0.3, 0.4) is 0 Å². The van der Waals surface area contributed by atoms with E-state index in [0.717, 1.165) is 162 Å². The van der Waals surface area contributed by atoms with E-state index in [1.165, 1.54) is 48.6 Å². The zero-order valence-electron chi connectivity index (χ0n) is 82.4. The molecule has 7 saturated heterocycles. The number of pyridine rings is 3. The Bertz CT molecular complexity index is 7900. The predicted molar refractivity (Wildman–Crippen MR) is 566 cm³/mol. The lowest BCUT2D eigenvalue weighted by atomic mass is 10.0. The number of furan rings is 2. The van der Waals surface area contributed by atoms with Gasteiger partial charge in [-0.3, -0.25) is 48.6 Å². The first kappa shape index (κ1) is 97.1. The third-order valence-corrected chi connectivity index (χ3v) is 31.1. The monoisotopic (exact) mass is 2030 g/mol. The van der Waals surface area contributed by atoms with Crippen LogP contribution in [0.25, 0.3) is 104 Å². The molecule has 0 radical (unpaired) electrons. The lowest BCUT2D eigenvalue weighted by molar-refractivity contribution is -0.122. The number of ether oxygens (including phenoxy) is 4. The van der Waals surface area contributed by atoms with Crippen LogP contribution in [0, 0.1) is 17.5 Å². The van der Waals surface area contributed by atoms with Crippen LogP contribution in [0.4, 0.5) is 35.4 Å². The van der Waals surface area contributed by atoms with Crippen LogP contribution in [0.1, 0.15) is 102 Å². The number of carbonyl (C=O) groups is 5. The van der Waals surface area contributed by atoms with Crippen molar-refractivity contribution in [3.05, 3.63) is 223 Å². The van der Waals surface area contributed by atoms with Gasteiger partial charge in [-0.05, 0) is 184 Å². The van der Waals surface area contributed by atoms with Crippen molar-refractivity contribution in [3.63, 3.8) is 0 Å². The van der Waals surface area contributed by atoms with Gasteiger partial charge in [0.2, 0.25) is 28.1 Å². The van der Waals surface area contributed by atoms with Gasteiger partial charge in [0.1, 0.15) is 72.6 Å². The van der Waals surface area contributed by atoms with E-state index in [1.54, 1.807) is 32.2 Å². The topological polar surface area (TPSA) is 338 Å². The second-order valence-electron chi connectivity index (χ2n) is 39.9. The summed E-state index contributed by atoms with van der Waals surface area (Å²) in [5.74, 6) is -1.55. The normalized spacial score (nSPS) is 17.7. The van der Waals surface area contributed by atoms with E-state index in [9.17, 15) is 38.4 Å². The molecule has 0 spiro atoms. The average molecular weight is 2030 g/mol. The maximum absolute atomic E-state index is 16.6. The number of aromatic nitrogens is 4. The summed E-state index contributed by atoms with van der Waals surface area (Å²) in [6.45, 7) is 21.9. The van der Waals surface area contributed by atoms with Gasteiger partial charge in [-0.1, -0.05) is 72.0 Å². The molecule has 7 N–H and O–H groups in total. The van der Waals surface area contributed by atoms with Crippen molar-refractivity contribution in [2.24, 2.45) is 0 Å². The minimum atomic E-state index is -0.629. The SMILES string of the molecule is CN1CCN(CCCNCCC(=O)N[C@@H]2CCN(c3c(F)cc4c(=O)c(C(=O)NCCN5CCCC5)cn5c4c3Oc3cc4c(cc3-5)oc3ccccc34)C2)CC1.O=C(CCN1CCOCC1)N[C@@H]1CCN(c2c(F)cc3c(=O)c(C(=O)NCCN4CCCC4)cn4c3c2Oc2cc3c(cc2-4)oc2ccccc23)C1.O=C(Nc1nc2ccccc2s1)c1cn2c3c(c(NCCN4CCCC4)c(F)cc3c1=O)Oc1ccccc1-2. The highest BCUT2D eigenvalue weighted by Gasteiger charge is 2.40. The molecule has 766 valence electrons. The van der Waals surface area contributed by atoms with E-state index < -0.39 is 51.5 Å². The zero-order chi connectivity index (χ0) is 101. The van der Waals surface area contributed by atoms with Crippen molar-refractivity contribution in [3.8, 4) is 51.6 Å². The Morgan fingerprint density at radius 2 is 0.885 bits per heavy atom. The number of amides is 5. The van der Waals surface area contributed by atoms with Crippen molar-refractivity contribution in [1.29, 1.82) is 0 Å². The molecule has 148 heavy (non-hydrogen) atoms. The predicted octanol–water partition coefficient (Wildman–Crippen LogP) is 14.3. The molecule has 37 heteroatoms. The number of hydrogen-bond donors (Lipinski definition) is 7. The molecular weight excluding hydrogens is 1910 g/mol. The number of hydrogen-bond acceptors (Lipinski definition) is 26. The summed E-state index contributed by atoms with van der Waals surface area (Å²) >= 11 is 1.32. The van der Waals surface area contributed by atoms with Crippen molar-refractivity contribution in [2.75, 3.05) is 211 Å². The lowest BCUT2D eigenvalue weighted by Crippen LogP contribution is -2.45. The lowest BCUT2D eigenvalue weighted by Gasteiger charge is -2.32. The minimum absolute atomic E-state index is 0.0414. The molecule has 2 atom stereocenters. The van der Waals surface area contributed by atoms with Gasteiger partial charge in [-0.15, -0.1) is 0 Å². The first-order chi connectivity index (χ1) is 72.3. The van der Waals surface area contributed by atoms with E-state index in [1.807, 2.05) is 125 Å². The van der Waals surface area contributed by atoms with Crippen LogP contribution in [-0.4, -0.2) is 280 Å². The quantitative estimate of drug-likeness (QED) is 0.0224. The number of halogens is 3. The summed E-state index contributed by atoms with van der Waals surface area (Å²) < 4.78 is 92.0. The van der Waals surface area contributed by atoms with Crippen LogP contribution in [0.5, 0.6) is 34.5 Å². The number of benzene rings is 9. The number of likely N-dealkylation sites (tertiary alicyclic amines) is 3. The van der Waals surface area contributed by atoms with E-state index in [2.05, 4.69) is 78.6 Å². The summed E-state index contributed by atoms with van der Waals surface area (Å²) in [7, 11) is 2.16. The Labute approximate surface area is 852 Å². The molecule has 10 aliphatic rings. The highest BCUT2D eigenvalue weighted by atomic mass is 32.1. The number of anilines is 4. The number of rotatable bonds is 28. The second-order valence-corrected chi connectivity index (χ2v) is 40.9. The Balaban J connectivity index is 0.000000124. The number of fused-ring (bicyclic) bond motifs is 13. The van der Waals surface area contributed by atoms with Crippen LogP contribution in [-0.2, 0) is 14.3 Å². The molecule has 6 aromatic heterocycles. The third-order valence-electron chi connectivity index (χ3n) is 30.2. The van der Waals surface area contributed by atoms with Gasteiger partial charge in [0.25, 0.3) is 17.7 Å². The molecule has 0 saturated carbocycles. The molecule has 25 rings (SSSR count). The van der Waals surface area contributed by atoms with Crippen LogP contribution in [0.15, 0.2) is 181 Å². The summed E-state index contributed by atoms with van der Waals surface area (Å²) in [5, 5.41) is 25.5. The number of morpholine rings is 1. The Kier molecular flexibility index (Phi) is 27.7. The molecule has 0 unspecified atom stereocenters. The number of para-hydroxylation sites is 5. The Morgan fingerprint density at radius 3 is 1.44 bits per heavy atom. The molecule has 7 fully saturated rings. The molecule has 10 aliphatic heterocycles. The maximum atomic E-state index is 16.6. The fraction of sp³-hybridized carbons (Fsp3) is 0.378. The van der Waals surface area contributed by atoms with Crippen molar-refractivity contribution >= 4 is 150 Å². The van der Waals surface area contributed by atoms with E-state index >= 15 is 13.2 Å². The fourth-order valence-electron chi connectivity index (χ4n) is 22.4. The third kappa shape index (κ3) is 19.6. The van der Waals surface area contributed by atoms with Gasteiger partial charge >= 0.3 is 0 Å². The maximum Gasteiger partial charge on any atom is 0.262 e. The molecule has 33 nitrogen and oxygen atoms in total. The van der Waals surface area contributed by atoms with Crippen molar-refractivity contribution in [1.82, 2.24) is 74.7 Å². The highest BCUT2D eigenvalue weighted by molar-refractivity contribution is 7.22. The van der Waals surface area contributed by atoms with Gasteiger partial charge in [0.15, 0.2) is 57.1 Å². The number of nitrogens with zero attached hydrogens (tertiary/aromatic N) is 12. The van der Waals surface area contributed by atoms with Crippen molar-refractivity contribution in [2.45, 2.75) is 82.7 Å². The molecule has 16 heterocycles. The van der Waals surface area contributed by atoms with E-state index in [-0.39, 0.29) is 91.1 Å². The molecule has 0 aliphatic carbocycles. The molecular formula is C111H116F3N19O14S. The molecule has 5 amide bonds. The number of likely N-dealkylation sites (N-methyl/N-ethyl adjacent to an activating group) is 1. The van der Waals surface area contributed by atoms with Crippen LogP contribution in [0.2, 0.25) is 0 Å². The number of nitrogens with one attached hydrogen (secondary N) is 7. The zero-order valence-corrected chi connectivity index (χ0v) is 83.2. The molecule has 0 bridgehead atoms. The largest absolute Gasteiger partial charge is 0.456 e. The Morgan fingerprint density at radius 1 is 0.419 bits per heavy atom. The number of thiazole rings is 1. The smallest absolute Gasteiger partial charge is 0.262 e. The van der Waals surface area contributed by atoms with Gasteiger partial charge in [0.05, 0.1) is 56.7 Å². The second kappa shape index (κ2) is 42.2. The summed E-state index contributed by atoms with van der Waals surface area (Å²) in [5.41, 5.74) is 5.03. The first-order valence-corrected chi connectivity index (χ1v) is 52.5. The van der Waals surface area contributed by atoms with Gasteiger partial charge in [0, 0.05) is 195 Å². The highest BCUT2D eigenvalue weighted by Crippen LogP contribution is 2.53. The number of carbonyl (C=O) groups excluding carboxylic acids is 5. The molecule has 9 aromatic carbocycles. The average Bonchev–Trinajstić information content (AvgIpc) is 1.80. The van der Waals surface area contributed by atoms with Crippen LogP contribution >= 0.6 is 11.3 Å². The van der Waals surface area contributed by atoms with Crippen LogP contribution < -0.4 is 77.5 Å². The van der Waals surface area contributed by atoms with Crippen molar-refractivity contribution < 1.29 is 64.9 Å². The Hall–Kier alpha value is -14.3. The van der Waals surface area contributed by atoms with E-state index in [0.29, 0.717) is 189 Å². The van der Waals surface area contributed by atoms with Gasteiger partial charge in [-0.2, -0.15) is 0 Å².